The van der Waals surface area contributed by atoms with Gasteiger partial charge in [0, 0.05) is 5.54 Å². The minimum absolute atomic E-state index is 0.163. The minimum atomic E-state index is -0.163. The van der Waals surface area contributed by atoms with E-state index < -0.39 is 0 Å². The predicted octanol–water partition coefficient (Wildman–Crippen LogP) is 2.84. The van der Waals surface area contributed by atoms with Crippen LogP contribution in [0.15, 0.2) is 12.1 Å². The fourth-order valence-corrected chi connectivity index (χ4v) is 2.94. The van der Waals surface area contributed by atoms with Crippen molar-refractivity contribution < 1.29 is 9.47 Å². The van der Waals surface area contributed by atoms with Gasteiger partial charge in [0.25, 0.3) is 0 Å². The first-order chi connectivity index (χ1) is 8.19. The number of rotatable bonds is 1. The van der Waals surface area contributed by atoms with Crippen molar-refractivity contribution in [2.45, 2.75) is 44.6 Å². The van der Waals surface area contributed by atoms with Crippen molar-refractivity contribution in [3.8, 4) is 11.5 Å². The first-order valence-electron chi connectivity index (χ1n) is 6.39. The van der Waals surface area contributed by atoms with Gasteiger partial charge in [-0.3, -0.25) is 0 Å². The van der Waals surface area contributed by atoms with Gasteiger partial charge in [-0.1, -0.05) is 25.3 Å². The van der Waals surface area contributed by atoms with Crippen LogP contribution in [-0.4, -0.2) is 6.79 Å². The Labute approximate surface area is 102 Å². The number of hydrogen-bond acceptors (Lipinski definition) is 3. The van der Waals surface area contributed by atoms with Gasteiger partial charge in [0.2, 0.25) is 6.79 Å². The molecule has 0 spiro atoms. The van der Waals surface area contributed by atoms with Gasteiger partial charge in [0.15, 0.2) is 11.5 Å². The summed E-state index contributed by atoms with van der Waals surface area (Å²) in [6.45, 7) is 2.39. The second-order valence-electron chi connectivity index (χ2n) is 5.24. The molecule has 1 aromatic rings. The smallest absolute Gasteiger partial charge is 0.231 e. The lowest BCUT2D eigenvalue weighted by Gasteiger charge is -2.34. The Morgan fingerprint density at radius 3 is 2.65 bits per heavy atom. The second-order valence-corrected chi connectivity index (χ2v) is 5.24. The van der Waals surface area contributed by atoms with Crippen LogP contribution in [0.5, 0.6) is 11.5 Å². The molecule has 0 bridgehead atoms. The quantitative estimate of drug-likeness (QED) is 0.811. The normalized spacial score (nSPS) is 21.5. The molecule has 1 aliphatic heterocycles. The van der Waals surface area contributed by atoms with E-state index in [0.717, 1.165) is 29.9 Å². The molecule has 17 heavy (non-hydrogen) atoms. The lowest BCUT2D eigenvalue weighted by molar-refractivity contribution is 0.173. The molecular formula is C14H19NO2. The third kappa shape index (κ3) is 1.78. The molecule has 2 N–H and O–H groups in total. The summed E-state index contributed by atoms with van der Waals surface area (Å²) < 4.78 is 10.9. The van der Waals surface area contributed by atoms with E-state index in [0.29, 0.717) is 6.79 Å². The van der Waals surface area contributed by atoms with Gasteiger partial charge in [-0.2, -0.15) is 0 Å². The van der Waals surface area contributed by atoms with E-state index >= 15 is 0 Å². The number of ether oxygens (including phenoxy) is 2. The standard InChI is InChI=1S/C14H19NO2/c1-10-7-11(8-12-13(10)17-9-16-12)14(15)5-3-2-4-6-14/h7-8H,2-6,9,15H2,1H3. The molecular weight excluding hydrogens is 214 g/mol. The second kappa shape index (κ2) is 3.91. The summed E-state index contributed by atoms with van der Waals surface area (Å²) in [5.41, 5.74) is 8.72. The first kappa shape index (κ1) is 10.9. The molecule has 1 fully saturated rings. The topological polar surface area (TPSA) is 44.5 Å². The summed E-state index contributed by atoms with van der Waals surface area (Å²) in [6.07, 6.45) is 5.91. The van der Waals surface area contributed by atoms with Gasteiger partial charge in [-0.15, -0.1) is 0 Å². The number of benzene rings is 1. The Hall–Kier alpha value is -1.22. The third-order valence-electron chi connectivity index (χ3n) is 3.98. The van der Waals surface area contributed by atoms with Gasteiger partial charge >= 0.3 is 0 Å². The number of aryl methyl sites for hydroxylation is 1. The lowest BCUT2D eigenvalue weighted by Crippen LogP contribution is -2.38. The molecule has 3 rings (SSSR count). The molecule has 0 amide bonds. The van der Waals surface area contributed by atoms with E-state index in [1.165, 1.54) is 24.8 Å². The zero-order valence-electron chi connectivity index (χ0n) is 10.3. The van der Waals surface area contributed by atoms with Crippen LogP contribution >= 0.6 is 0 Å². The van der Waals surface area contributed by atoms with Crippen molar-refractivity contribution in [1.29, 1.82) is 0 Å². The van der Waals surface area contributed by atoms with Crippen molar-refractivity contribution in [3.05, 3.63) is 23.3 Å². The van der Waals surface area contributed by atoms with Gasteiger partial charge in [0.1, 0.15) is 0 Å². The van der Waals surface area contributed by atoms with Crippen LogP contribution in [0.4, 0.5) is 0 Å². The molecule has 1 heterocycles. The van der Waals surface area contributed by atoms with Crippen molar-refractivity contribution in [2.24, 2.45) is 5.73 Å². The van der Waals surface area contributed by atoms with E-state index in [-0.39, 0.29) is 5.54 Å². The first-order valence-corrected chi connectivity index (χ1v) is 6.39. The van der Waals surface area contributed by atoms with Crippen LogP contribution in [0.25, 0.3) is 0 Å². The highest BCUT2D eigenvalue weighted by molar-refractivity contribution is 5.51. The summed E-state index contributed by atoms with van der Waals surface area (Å²) >= 11 is 0. The van der Waals surface area contributed by atoms with Gasteiger partial charge in [-0.05, 0) is 37.0 Å². The highest BCUT2D eigenvalue weighted by Gasteiger charge is 2.31. The van der Waals surface area contributed by atoms with E-state index in [4.69, 9.17) is 15.2 Å². The van der Waals surface area contributed by atoms with Gasteiger partial charge in [0.05, 0.1) is 0 Å². The molecule has 3 heteroatoms. The van der Waals surface area contributed by atoms with E-state index in [9.17, 15) is 0 Å². The van der Waals surface area contributed by atoms with Crippen LogP contribution in [0.3, 0.4) is 0 Å². The Morgan fingerprint density at radius 1 is 1.12 bits per heavy atom. The average Bonchev–Trinajstić information content (AvgIpc) is 2.78. The zero-order chi connectivity index (χ0) is 11.9. The molecule has 0 radical (unpaired) electrons. The summed E-state index contributed by atoms with van der Waals surface area (Å²) in [6, 6.07) is 4.24. The van der Waals surface area contributed by atoms with E-state index in [2.05, 4.69) is 19.1 Å². The number of nitrogens with two attached hydrogens (primary N) is 1. The van der Waals surface area contributed by atoms with Crippen molar-refractivity contribution in [2.75, 3.05) is 6.79 Å². The molecule has 1 saturated carbocycles. The van der Waals surface area contributed by atoms with Crippen LogP contribution in [-0.2, 0) is 5.54 Å². The Bertz CT molecular complexity index is 436. The molecule has 92 valence electrons. The highest BCUT2D eigenvalue weighted by atomic mass is 16.7. The minimum Gasteiger partial charge on any atom is -0.454 e. The average molecular weight is 233 g/mol. The van der Waals surface area contributed by atoms with Crippen molar-refractivity contribution >= 4 is 0 Å². The van der Waals surface area contributed by atoms with Crippen LogP contribution in [0, 0.1) is 6.92 Å². The maximum absolute atomic E-state index is 6.55. The third-order valence-corrected chi connectivity index (χ3v) is 3.98. The predicted molar refractivity (Wildman–Crippen MR) is 66.3 cm³/mol. The Kier molecular flexibility index (Phi) is 2.51. The molecule has 3 nitrogen and oxygen atoms in total. The molecule has 0 unspecified atom stereocenters. The summed E-state index contributed by atoms with van der Waals surface area (Å²) in [5.74, 6) is 1.74. The zero-order valence-corrected chi connectivity index (χ0v) is 10.3. The summed E-state index contributed by atoms with van der Waals surface area (Å²) in [7, 11) is 0. The molecule has 2 aliphatic rings. The van der Waals surface area contributed by atoms with Crippen molar-refractivity contribution in [3.63, 3.8) is 0 Å². The fourth-order valence-electron chi connectivity index (χ4n) is 2.94. The molecule has 1 aromatic carbocycles. The maximum Gasteiger partial charge on any atom is 0.231 e. The highest BCUT2D eigenvalue weighted by Crippen LogP contribution is 2.42. The van der Waals surface area contributed by atoms with E-state index in [1.54, 1.807) is 0 Å². The lowest BCUT2D eigenvalue weighted by atomic mass is 9.77. The van der Waals surface area contributed by atoms with Gasteiger partial charge < -0.3 is 15.2 Å². The largest absolute Gasteiger partial charge is 0.454 e. The molecule has 1 aliphatic carbocycles. The fraction of sp³-hybridized carbons (Fsp3) is 0.571. The summed E-state index contributed by atoms with van der Waals surface area (Å²) in [4.78, 5) is 0. The molecule has 0 aromatic heterocycles. The Balaban J connectivity index is 2.00. The van der Waals surface area contributed by atoms with E-state index in [1.807, 2.05) is 0 Å². The molecule has 0 saturated heterocycles. The van der Waals surface area contributed by atoms with Crippen LogP contribution in [0.1, 0.15) is 43.2 Å². The molecule has 0 atom stereocenters. The maximum atomic E-state index is 6.55. The van der Waals surface area contributed by atoms with Gasteiger partial charge in [-0.25, -0.2) is 0 Å². The van der Waals surface area contributed by atoms with Crippen molar-refractivity contribution in [1.82, 2.24) is 0 Å². The monoisotopic (exact) mass is 233 g/mol. The van der Waals surface area contributed by atoms with Crippen LogP contribution in [0.2, 0.25) is 0 Å². The Morgan fingerprint density at radius 2 is 1.88 bits per heavy atom. The van der Waals surface area contributed by atoms with Crippen LogP contribution < -0.4 is 15.2 Å². The number of fused-ring (bicyclic) bond motifs is 1. The summed E-state index contributed by atoms with van der Waals surface area (Å²) in [5, 5.41) is 0. The SMILES string of the molecule is Cc1cc(C2(N)CCCCC2)cc2c1OCO2. The number of hydrogen-bond donors (Lipinski definition) is 1.